The van der Waals surface area contributed by atoms with Crippen molar-refractivity contribution in [2.24, 2.45) is 5.92 Å². The second-order valence-corrected chi connectivity index (χ2v) is 6.37. The van der Waals surface area contributed by atoms with E-state index in [-0.39, 0.29) is 36.4 Å². The van der Waals surface area contributed by atoms with Crippen LogP contribution in [0.15, 0.2) is 35.9 Å². The van der Waals surface area contributed by atoms with Gasteiger partial charge in [0.25, 0.3) is 5.09 Å². The van der Waals surface area contributed by atoms with E-state index in [4.69, 9.17) is 0 Å². The van der Waals surface area contributed by atoms with Gasteiger partial charge in [0.2, 0.25) is 0 Å². The monoisotopic (exact) mass is 333 g/mol. The van der Waals surface area contributed by atoms with Crippen molar-refractivity contribution in [1.82, 2.24) is 0 Å². The highest BCUT2D eigenvalue weighted by Crippen LogP contribution is 2.45. The molecule has 0 aliphatic heterocycles. The molecular weight excluding hydrogens is 310 g/mol. The van der Waals surface area contributed by atoms with Crippen LogP contribution in [-0.2, 0) is 11.3 Å². The summed E-state index contributed by atoms with van der Waals surface area (Å²) in [6, 6.07) is 2.84. The van der Waals surface area contributed by atoms with Gasteiger partial charge in [-0.2, -0.15) is 0 Å². The maximum absolute atomic E-state index is 10.4. The predicted octanol–water partition coefficient (Wildman–Crippen LogP) is 3.86. The van der Waals surface area contributed by atoms with Crippen molar-refractivity contribution in [2.75, 3.05) is 6.61 Å². The van der Waals surface area contributed by atoms with Crippen LogP contribution in [0.3, 0.4) is 0 Å². The fourth-order valence-electron chi connectivity index (χ4n) is 3.41. The van der Waals surface area contributed by atoms with Gasteiger partial charge < -0.3 is 15.1 Å². The summed E-state index contributed by atoms with van der Waals surface area (Å²) < 4.78 is 0. The van der Waals surface area contributed by atoms with Gasteiger partial charge >= 0.3 is 0 Å². The van der Waals surface area contributed by atoms with Gasteiger partial charge in [-0.15, -0.1) is 10.1 Å². The van der Waals surface area contributed by atoms with Gasteiger partial charge in [-0.05, 0) is 50.7 Å². The second kappa shape index (κ2) is 7.38. The summed E-state index contributed by atoms with van der Waals surface area (Å²) in [6.07, 6.45) is 4.26. The van der Waals surface area contributed by atoms with Crippen LogP contribution in [0.1, 0.15) is 43.7 Å². The van der Waals surface area contributed by atoms with Crippen LogP contribution in [-0.4, -0.2) is 21.9 Å². The van der Waals surface area contributed by atoms with Gasteiger partial charge in [0, 0.05) is 17.5 Å². The minimum absolute atomic E-state index is 0.00620. The molecule has 2 N–H and O–H groups in total. The fourth-order valence-corrected chi connectivity index (χ4v) is 3.41. The summed E-state index contributed by atoms with van der Waals surface area (Å²) in [5, 5.41) is 29.7. The summed E-state index contributed by atoms with van der Waals surface area (Å²) >= 11 is 0. The molecule has 6 nitrogen and oxygen atoms in total. The number of benzene rings is 1. The molecule has 0 bridgehead atoms. The molecule has 0 saturated carbocycles. The zero-order valence-electron chi connectivity index (χ0n) is 14.0. The van der Waals surface area contributed by atoms with Crippen LogP contribution in [0.25, 0.3) is 0 Å². The maximum Gasteiger partial charge on any atom is 0.294 e. The lowest BCUT2D eigenvalue weighted by atomic mass is 9.72. The third kappa shape index (κ3) is 4.07. The largest absolute Gasteiger partial charge is 0.508 e. The number of nitrogens with zero attached hydrogens (tertiary/aromatic N) is 1. The number of phenols is 2. The number of aromatic hydroxyl groups is 2. The number of hydrogen-bond acceptors (Lipinski definition) is 5. The highest BCUT2D eigenvalue weighted by molar-refractivity contribution is 5.50. The normalized spacial score (nSPS) is 20.3. The number of allylic oxidation sites excluding steroid dienone is 3. The molecule has 0 fully saturated rings. The van der Waals surface area contributed by atoms with E-state index in [1.54, 1.807) is 0 Å². The van der Waals surface area contributed by atoms with Crippen LogP contribution in [0.5, 0.6) is 11.5 Å². The minimum Gasteiger partial charge on any atom is -0.508 e. The molecule has 24 heavy (non-hydrogen) atoms. The molecule has 2 rings (SSSR count). The Labute approximate surface area is 141 Å². The standard InChI is InChI=1S/C18H23NO5/c1-11(2)15-5-4-12(3)8-16(15)18-13(6-7-24-19(22)23)9-14(20)10-17(18)21/h8-10,15-16,20-21H,1,4-7H2,2-3H3/t15-,16+/m1/s1. The molecule has 0 heterocycles. The van der Waals surface area contributed by atoms with E-state index in [9.17, 15) is 20.3 Å². The first-order chi connectivity index (χ1) is 11.3. The molecule has 2 atom stereocenters. The van der Waals surface area contributed by atoms with Crippen LogP contribution in [0.2, 0.25) is 0 Å². The van der Waals surface area contributed by atoms with Gasteiger partial charge in [0.05, 0.1) is 0 Å². The van der Waals surface area contributed by atoms with Gasteiger partial charge in [-0.25, -0.2) is 0 Å². The van der Waals surface area contributed by atoms with Crippen molar-refractivity contribution in [2.45, 2.75) is 39.0 Å². The molecule has 130 valence electrons. The zero-order valence-corrected chi connectivity index (χ0v) is 14.0. The number of phenolic OH excluding ortho intramolecular Hbond substituents is 2. The van der Waals surface area contributed by atoms with Crippen LogP contribution < -0.4 is 0 Å². The first-order valence-electron chi connectivity index (χ1n) is 7.94. The Morgan fingerprint density at radius 1 is 1.46 bits per heavy atom. The molecule has 0 unspecified atom stereocenters. The zero-order chi connectivity index (χ0) is 17.9. The van der Waals surface area contributed by atoms with E-state index in [0.717, 1.165) is 18.4 Å². The molecule has 1 aliphatic rings. The van der Waals surface area contributed by atoms with Crippen molar-refractivity contribution in [1.29, 1.82) is 0 Å². The molecule has 0 amide bonds. The van der Waals surface area contributed by atoms with Crippen LogP contribution >= 0.6 is 0 Å². The first-order valence-corrected chi connectivity index (χ1v) is 7.94. The summed E-state index contributed by atoms with van der Waals surface area (Å²) in [6.45, 7) is 7.96. The van der Waals surface area contributed by atoms with E-state index >= 15 is 0 Å². The van der Waals surface area contributed by atoms with E-state index < -0.39 is 5.09 Å². The molecule has 0 radical (unpaired) electrons. The van der Waals surface area contributed by atoms with Crippen molar-refractivity contribution in [3.8, 4) is 11.5 Å². The molecule has 6 heteroatoms. The minimum atomic E-state index is -0.844. The Bertz CT molecular complexity index is 680. The average Bonchev–Trinajstić information content (AvgIpc) is 2.45. The Hall–Kier alpha value is -2.50. The molecular formula is C18H23NO5. The molecule has 1 aliphatic carbocycles. The summed E-state index contributed by atoms with van der Waals surface area (Å²) in [7, 11) is 0. The van der Waals surface area contributed by atoms with E-state index in [2.05, 4.69) is 24.4 Å². The maximum atomic E-state index is 10.4. The smallest absolute Gasteiger partial charge is 0.294 e. The number of rotatable bonds is 6. The lowest BCUT2D eigenvalue weighted by molar-refractivity contribution is -0.757. The van der Waals surface area contributed by atoms with Crippen molar-refractivity contribution in [3.05, 3.63) is 57.2 Å². The molecule has 0 aromatic heterocycles. The third-order valence-corrected chi connectivity index (χ3v) is 4.51. The Kier molecular flexibility index (Phi) is 5.49. The van der Waals surface area contributed by atoms with Crippen LogP contribution in [0, 0.1) is 16.0 Å². The first kappa shape index (κ1) is 17.8. The van der Waals surface area contributed by atoms with E-state index in [0.29, 0.717) is 11.1 Å². The quantitative estimate of drug-likeness (QED) is 0.468. The van der Waals surface area contributed by atoms with Gasteiger partial charge in [0.15, 0.2) is 0 Å². The lowest BCUT2D eigenvalue weighted by Crippen LogP contribution is -2.19. The summed E-state index contributed by atoms with van der Waals surface area (Å²) in [4.78, 5) is 14.7. The van der Waals surface area contributed by atoms with Crippen molar-refractivity contribution < 1.29 is 20.1 Å². The van der Waals surface area contributed by atoms with E-state index in [1.165, 1.54) is 17.7 Å². The SMILES string of the molecule is C=C(C)[C@H]1CCC(C)=C[C@@H]1c1c(O)cc(O)cc1CCO[N+](=O)[O-]. The summed E-state index contributed by atoms with van der Waals surface area (Å²) in [5.74, 6) is 0.0332. The van der Waals surface area contributed by atoms with Crippen molar-refractivity contribution >= 4 is 0 Å². The van der Waals surface area contributed by atoms with E-state index in [1.807, 2.05) is 6.92 Å². The highest BCUT2D eigenvalue weighted by Gasteiger charge is 2.29. The second-order valence-electron chi connectivity index (χ2n) is 6.37. The molecule has 0 spiro atoms. The topological polar surface area (TPSA) is 92.8 Å². The lowest BCUT2D eigenvalue weighted by Gasteiger charge is -2.32. The van der Waals surface area contributed by atoms with Gasteiger partial charge in [-0.1, -0.05) is 23.8 Å². The average molecular weight is 333 g/mol. The fraction of sp³-hybridized carbons (Fsp3) is 0.444. The predicted molar refractivity (Wildman–Crippen MR) is 90.5 cm³/mol. The Morgan fingerprint density at radius 2 is 2.17 bits per heavy atom. The molecule has 1 aromatic rings. The third-order valence-electron chi connectivity index (χ3n) is 4.51. The van der Waals surface area contributed by atoms with Crippen molar-refractivity contribution in [3.63, 3.8) is 0 Å². The highest BCUT2D eigenvalue weighted by atomic mass is 16.9. The van der Waals surface area contributed by atoms with Crippen LogP contribution in [0.4, 0.5) is 0 Å². The summed E-state index contributed by atoms with van der Waals surface area (Å²) in [5.41, 5.74) is 3.60. The molecule has 1 aromatic carbocycles. The Balaban J connectivity index is 2.44. The molecule has 0 saturated heterocycles. The number of hydrogen-bond donors (Lipinski definition) is 2. The Morgan fingerprint density at radius 3 is 2.79 bits per heavy atom. The van der Waals surface area contributed by atoms with Gasteiger partial charge in [-0.3, -0.25) is 0 Å². The van der Waals surface area contributed by atoms with Gasteiger partial charge in [0.1, 0.15) is 18.1 Å².